The number of carbonyl (C=O) groups is 1. The molecule has 1 N–H and O–H groups in total. The van der Waals surface area contributed by atoms with Crippen LogP contribution in [0.5, 0.6) is 0 Å². The molecule has 0 aliphatic rings. The maximum Gasteiger partial charge on any atom is 0.309 e. The minimum atomic E-state index is -0.203. The van der Waals surface area contributed by atoms with Gasteiger partial charge in [0, 0.05) is 12.1 Å². The summed E-state index contributed by atoms with van der Waals surface area (Å²) in [6.45, 7) is 4.37. The van der Waals surface area contributed by atoms with E-state index in [0.717, 1.165) is 12.0 Å². The molecule has 0 radical (unpaired) electrons. The minimum Gasteiger partial charge on any atom is -0.469 e. The molecular formula is C20H25NO2. The molecule has 0 aliphatic carbocycles. The Kier molecular flexibility index (Phi) is 6.36. The number of nitrogens with one attached hydrogen (secondary N) is 1. The van der Waals surface area contributed by atoms with E-state index in [2.05, 4.69) is 55.6 Å². The fourth-order valence-electron chi connectivity index (χ4n) is 2.78. The molecule has 3 nitrogen and oxygen atoms in total. The molecule has 0 fully saturated rings. The second-order valence-corrected chi connectivity index (χ2v) is 5.98. The molecule has 0 heterocycles. The molecule has 2 aromatic rings. The lowest BCUT2D eigenvalue weighted by atomic mass is 10.0. The van der Waals surface area contributed by atoms with E-state index in [-0.39, 0.29) is 5.97 Å². The zero-order chi connectivity index (χ0) is 16.7. The normalized spacial score (nSPS) is 13.3. The van der Waals surface area contributed by atoms with Gasteiger partial charge in [0.1, 0.15) is 0 Å². The van der Waals surface area contributed by atoms with E-state index in [1.54, 1.807) is 0 Å². The van der Waals surface area contributed by atoms with Crippen LogP contribution in [0.3, 0.4) is 0 Å². The number of ether oxygens (including phenoxy) is 1. The quantitative estimate of drug-likeness (QED) is 0.793. The SMILES string of the molecule is COC(=O)Cc1cccc(C[C@@H](C)N[C@H](C)c2ccccc2)c1. The van der Waals surface area contributed by atoms with Crippen molar-refractivity contribution in [3.8, 4) is 0 Å². The molecule has 2 atom stereocenters. The zero-order valence-electron chi connectivity index (χ0n) is 14.1. The Morgan fingerprint density at radius 2 is 1.74 bits per heavy atom. The molecule has 0 spiro atoms. The molecular weight excluding hydrogens is 286 g/mol. The fourth-order valence-corrected chi connectivity index (χ4v) is 2.78. The van der Waals surface area contributed by atoms with Crippen LogP contribution >= 0.6 is 0 Å². The fraction of sp³-hybridized carbons (Fsp3) is 0.350. The molecule has 122 valence electrons. The lowest BCUT2D eigenvalue weighted by Gasteiger charge is -2.20. The third-order valence-corrected chi connectivity index (χ3v) is 3.94. The number of esters is 1. The number of hydrogen-bond donors (Lipinski definition) is 1. The Balaban J connectivity index is 1.93. The van der Waals surface area contributed by atoms with Gasteiger partial charge in [-0.3, -0.25) is 4.79 Å². The summed E-state index contributed by atoms with van der Waals surface area (Å²) in [5.41, 5.74) is 3.52. The highest BCUT2D eigenvalue weighted by Crippen LogP contribution is 2.14. The van der Waals surface area contributed by atoms with Gasteiger partial charge in [-0.25, -0.2) is 0 Å². The average Bonchev–Trinajstić information content (AvgIpc) is 2.55. The summed E-state index contributed by atoms with van der Waals surface area (Å²) in [5, 5.41) is 3.62. The van der Waals surface area contributed by atoms with E-state index in [4.69, 9.17) is 4.74 Å². The van der Waals surface area contributed by atoms with Crippen LogP contribution in [-0.4, -0.2) is 19.1 Å². The molecule has 3 heteroatoms. The molecule has 2 aromatic carbocycles. The van der Waals surface area contributed by atoms with Gasteiger partial charge in [-0.1, -0.05) is 54.6 Å². The first-order valence-corrected chi connectivity index (χ1v) is 8.04. The van der Waals surface area contributed by atoms with Crippen molar-refractivity contribution < 1.29 is 9.53 Å². The predicted molar refractivity (Wildman–Crippen MR) is 93.3 cm³/mol. The van der Waals surface area contributed by atoms with Crippen molar-refractivity contribution in [3.05, 3.63) is 71.3 Å². The first-order chi connectivity index (χ1) is 11.1. The number of hydrogen-bond acceptors (Lipinski definition) is 3. The van der Waals surface area contributed by atoms with Crippen LogP contribution in [0.4, 0.5) is 0 Å². The lowest BCUT2D eigenvalue weighted by Crippen LogP contribution is -2.30. The van der Waals surface area contributed by atoms with Crippen molar-refractivity contribution in [3.63, 3.8) is 0 Å². The molecule has 0 saturated heterocycles. The maximum absolute atomic E-state index is 11.4. The van der Waals surface area contributed by atoms with Gasteiger partial charge in [-0.05, 0) is 37.0 Å². The van der Waals surface area contributed by atoms with Crippen molar-refractivity contribution in [2.75, 3.05) is 7.11 Å². The van der Waals surface area contributed by atoms with Crippen molar-refractivity contribution >= 4 is 5.97 Å². The molecule has 0 aromatic heterocycles. The van der Waals surface area contributed by atoms with Gasteiger partial charge in [0.15, 0.2) is 0 Å². The highest BCUT2D eigenvalue weighted by atomic mass is 16.5. The average molecular weight is 311 g/mol. The summed E-state index contributed by atoms with van der Waals surface area (Å²) < 4.78 is 4.73. The third kappa shape index (κ3) is 5.53. The van der Waals surface area contributed by atoms with Crippen LogP contribution in [0.15, 0.2) is 54.6 Å². The highest BCUT2D eigenvalue weighted by Gasteiger charge is 2.10. The third-order valence-electron chi connectivity index (χ3n) is 3.94. The van der Waals surface area contributed by atoms with Gasteiger partial charge < -0.3 is 10.1 Å². The monoisotopic (exact) mass is 311 g/mol. The summed E-state index contributed by atoms with van der Waals surface area (Å²) in [5.74, 6) is -0.203. The van der Waals surface area contributed by atoms with E-state index in [9.17, 15) is 4.79 Å². The van der Waals surface area contributed by atoms with E-state index >= 15 is 0 Å². The van der Waals surface area contributed by atoms with Crippen LogP contribution in [0.1, 0.15) is 36.6 Å². The Hall–Kier alpha value is -2.13. The molecule has 0 aliphatic heterocycles. The van der Waals surface area contributed by atoms with Crippen LogP contribution < -0.4 is 5.32 Å². The maximum atomic E-state index is 11.4. The minimum absolute atomic E-state index is 0.203. The predicted octanol–water partition coefficient (Wildman–Crippen LogP) is 3.68. The Morgan fingerprint density at radius 3 is 2.43 bits per heavy atom. The van der Waals surface area contributed by atoms with Crippen molar-refractivity contribution in [2.24, 2.45) is 0 Å². The number of rotatable bonds is 7. The van der Waals surface area contributed by atoms with Gasteiger partial charge in [0.25, 0.3) is 0 Å². The van der Waals surface area contributed by atoms with E-state index in [0.29, 0.717) is 18.5 Å². The largest absolute Gasteiger partial charge is 0.469 e. The summed E-state index contributed by atoms with van der Waals surface area (Å²) in [6, 6.07) is 19.3. The summed E-state index contributed by atoms with van der Waals surface area (Å²) >= 11 is 0. The van der Waals surface area contributed by atoms with Gasteiger partial charge in [-0.2, -0.15) is 0 Å². The van der Waals surface area contributed by atoms with Crippen LogP contribution in [0.25, 0.3) is 0 Å². The molecule has 0 saturated carbocycles. The van der Waals surface area contributed by atoms with E-state index in [1.807, 2.05) is 18.2 Å². The Morgan fingerprint density at radius 1 is 1.04 bits per heavy atom. The Labute approximate surface area is 138 Å². The van der Waals surface area contributed by atoms with Gasteiger partial charge in [0.05, 0.1) is 13.5 Å². The summed E-state index contributed by atoms with van der Waals surface area (Å²) in [7, 11) is 1.42. The summed E-state index contributed by atoms with van der Waals surface area (Å²) in [4.78, 5) is 11.4. The second kappa shape index (κ2) is 8.49. The molecule has 0 amide bonds. The van der Waals surface area contributed by atoms with Gasteiger partial charge in [0.2, 0.25) is 0 Å². The van der Waals surface area contributed by atoms with Crippen molar-refractivity contribution in [1.82, 2.24) is 5.32 Å². The van der Waals surface area contributed by atoms with E-state index in [1.165, 1.54) is 18.2 Å². The highest BCUT2D eigenvalue weighted by molar-refractivity contribution is 5.72. The standard InChI is InChI=1S/C20H25NO2/c1-15(21-16(2)19-10-5-4-6-11-19)12-17-8-7-9-18(13-17)14-20(22)23-3/h4-11,13,15-16,21H,12,14H2,1-3H3/t15-,16-/m1/s1. The second-order valence-electron chi connectivity index (χ2n) is 5.98. The summed E-state index contributed by atoms with van der Waals surface area (Å²) in [6.07, 6.45) is 1.25. The van der Waals surface area contributed by atoms with Crippen molar-refractivity contribution in [2.45, 2.75) is 38.8 Å². The lowest BCUT2D eigenvalue weighted by molar-refractivity contribution is -0.139. The van der Waals surface area contributed by atoms with Crippen LogP contribution in [0.2, 0.25) is 0 Å². The number of carbonyl (C=O) groups excluding carboxylic acids is 1. The zero-order valence-corrected chi connectivity index (χ0v) is 14.1. The molecule has 0 unspecified atom stereocenters. The molecule has 2 rings (SSSR count). The Bertz CT molecular complexity index is 625. The molecule has 0 bridgehead atoms. The van der Waals surface area contributed by atoms with E-state index < -0.39 is 0 Å². The van der Waals surface area contributed by atoms with Crippen LogP contribution in [0, 0.1) is 0 Å². The van der Waals surface area contributed by atoms with Gasteiger partial charge >= 0.3 is 5.97 Å². The smallest absolute Gasteiger partial charge is 0.309 e. The van der Waals surface area contributed by atoms with Crippen LogP contribution in [-0.2, 0) is 22.4 Å². The number of benzene rings is 2. The number of methoxy groups -OCH3 is 1. The van der Waals surface area contributed by atoms with Crippen molar-refractivity contribution in [1.29, 1.82) is 0 Å². The first kappa shape index (κ1) is 17.2. The van der Waals surface area contributed by atoms with Gasteiger partial charge in [-0.15, -0.1) is 0 Å². The molecule has 23 heavy (non-hydrogen) atoms. The first-order valence-electron chi connectivity index (χ1n) is 8.04. The topological polar surface area (TPSA) is 38.3 Å².